The molecule has 1 aromatic carbocycles. The average molecular weight is 403 g/mol. The van der Waals surface area contributed by atoms with Crippen LogP contribution in [0, 0.1) is 5.82 Å². The van der Waals surface area contributed by atoms with Crippen molar-refractivity contribution in [2.24, 2.45) is 0 Å². The van der Waals surface area contributed by atoms with Gasteiger partial charge in [0.25, 0.3) is 5.91 Å². The highest BCUT2D eigenvalue weighted by molar-refractivity contribution is 5.95. The van der Waals surface area contributed by atoms with Crippen LogP contribution in [0.15, 0.2) is 40.8 Å². The summed E-state index contributed by atoms with van der Waals surface area (Å²) in [6.45, 7) is 0.326. The molecule has 154 valence electrons. The van der Waals surface area contributed by atoms with Gasteiger partial charge in [-0.05, 0) is 49.2 Å². The van der Waals surface area contributed by atoms with Crippen LogP contribution in [0.3, 0.4) is 0 Å². The summed E-state index contributed by atoms with van der Waals surface area (Å²) in [5, 5.41) is 5.05. The van der Waals surface area contributed by atoms with Crippen molar-refractivity contribution in [3.63, 3.8) is 0 Å². The standard InChI is InChI=1S/C20H22FN3O5/c1-22-19(26)16-3-2-10-24(16)18(25)11-23-20(27)17-9-8-15(29-17)12-28-14-6-4-13(21)5-7-14/h4-9,16H,2-3,10-12H2,1H3,(H,22,26)(H,23,27). The Bertz CT molecular complexity index is 880. The number of amides is 3. The fourth-order valence-electron chi connectivity index (χ4n) is 3.11. The van der Waals surface area contributed by atoms with E-state index in [-0.39, 0.29) is 36.5 Å². The molecular weight excluding hydrogens is 381 g/mol. The SMILES string of the molecule is CNC(=O)C1CCCN1C(=O)CNC(=O)c1ccc(COc2ccc(F)cc2)o1. The van der Waals surface area contributed by atoms with E-state index < -0.39 is 11.9 Å². The van der Waals surface area contributed by atoms with Crippen molar-refractivity contribution in [3.8, 4) is 5.75 Å². The van der Waals surface area contributed by atoms with E-state index in [9.17, 15) is 18.8 Å². The predicted octanol–water partition coefficient (Wildman–Crippen LogP) is 1.46. The van der Waals surface area contributed by atoms with E-state index in [0.29, 0.717) is 24.5 Å². The second-order valence-electron chi connectivity index (χ2n) is 6.55. The van der Waals surface area contributed by atoms with Crippen LogP contribution in [0.2, 0.25) is 0 Å². The topological polar surface area (TPSA) is 101 Å². The lowest BCUT2D eigenvalue weighted by molar-refractivity contribution is -0.137. The Morgan fingerprint density at radius 3 is 2.69 bits per heavy atom. The number of likely N-dealkylation sites (N-methyl/N-ethyl adjacent to an activating group) is 1. The van der Waals surface area contributed by atoms with Gasteiger partial charge < -0.3 is 24.7 Å². The highest BCUT2D eigenvalue weighted by Crippen LogP contribution is 2.18. The second kappa shape index (κ2) is 9.22. The minimum atomic E-state index is -0.540. The molecule has 0 radical (unpaired) electrons. The Morgan fingerprint density at radius 2 is 1.97 bits per heavy atom. The molecule has 0 bridgehead atoms. The van der Waals surface area contributed by atoms with Crippen LogP contribution < -0.4 is 15.4 Å². The van der Waals surface area contributed by atoms with Gasteiger partial charge in [0.2, 0.25) is 11.8 Å². The molecule has 3 amide bonds. The maximum Gasteiger partial charge on any atom is 0.287 e. The molecule has 1 aliphatic rings. The van der Waals surface area contributed by atoms with Crippen LogP contribution >= 0.6 is 0 Å². The summed E-state index contributed by atoms with van der Waals surface area (Å²) in [4.78, 5) is 37.9. The van der Waals surface area contributed by atoms with Crippen LogP contribution in [-0.2, 0) is 16.2 Å². The van der Waals surface area contributed by atoms with Crippen molar-refractivity contribution in [1.29, 1.82) is 0 Å². The highest BCUT2D eigenvalue weighted by Gasteiger charge is 2.33. The molecular formula is C20H22FN3O5. The van der Waals surface area contributed by atoms with E-state index in [0.717, 1.165) is 6.42 Å². The molecule has 1 aromatic heterocycles. The first-order valence-electron chi connectivity index (χ1n) is 9.24. The van der Waals surface area contributed by atoms with E-state index in [1.807, 2.05) is 0 Å². The summed E-state index contributed by atoms with van der Waals surface area (Å²) in [6.07, 6.45) is 1.35. The number of carbonyl (C=O) groups is 3. The molecule has 1 unspecified atom stereocenters. The van der Waals surface area contributed by atoms with Crippen molar-refractivity contribution in [3.05, 3.63) is 53.7 Å². The van der Waals surface area contributed by atoms with Crippen molar-refractivity contribution < 1.29 is 27.9 Å². The Morgan fingerprint density at radius 1 is 1.21 bits per heavy atom. The Kier molecular flexibility index (Phi) is 6.48. The van der Waals surface area contributed by atoms with E-state index >= 15 is 0 Å². The molecule has 1 fully saturated rings. The third kappa shape index (κ3) is 5.13. The van der Waals surface area contributed by atoms with Gasteiger partial charge in [0.15, 0.2) is 5.76 Å². The Balaban J connectivity index is 1.49. The maximum absolute atomic E-state index is 12.9. The van der Waals surface area contributed by atoms with Gasteiger partial charge in [-0.1, -0.05) is 0 Å². The van der Waals surface area contributed by atoms with Gasteiger partial charge in [-0.25, -0.2) is 4.39 Å². The van der Waals surface area contributed by atoms with Gasteiger partial charge in [0.05, 0.1) is 6.54 Å². The lowest BCUT2D eigenvalue weighted by Crippen LogP contribution is -2.48. The molecule has 0 saturated carbocycles. The average Bonchev–Trinajstić information content (AvgIpc) is 3.40. The van der Waals surface area contributed by atoms with Crippen LogP contribution in [-0.4, -0.2) is 48.8 Å². The van der Waals surface area contributed by atoms with E-state index in [2.05, 4.69) is 10.6 Å². The van der Waals surface area contributed by atoms with Crippen molar-refractivity contribution >= 4 is 17.7 Å². The van der Waals surface area contributed by atoms with Gasteiger partial charge in [0, 0.05) is 13.6 Å². The summed E-state index contributed by atoms with van der Waals surface area (Å²) < 4.78 is 23.8. The third-order valence-electron chi connectivity index (χ3n) is 4.60. The summed E-state index contributed by atoms with van der Waals surface area (Å²) in [5.41, 5.74) is 0. The number of carbonyl (C=O) groups excluding carboxylic acids is 3. The minimum absolute atomic E-state index is 0.0415. The number of ether oxygens (including phenoxy) is 1. The van der Waals surface area contributed by atoms with Gasteiger partial charge in [-0.2, -0.15) is 0 Å². The first-order chi connectivity index (χ1) is 14.0. The first kappa shape index (κ1) is 20.4. The zero-order valence-electron chi connectivity index (χ0n) is 15.9. The summed E-state index contributed by atoms with van der Waals surface area (Å²) in [6, 6.07) is 8.10. The Labute approximate surface area is 167 Å². The molecule has 8 nitrogen and oxygen atoms in total. The largest absolute Gasteiger partial charge is 0.486 e. The van der Waals surface area contributed by atoms with Crippen LogP contribution in [0.5, 0.6) is 5.75 Å². The molecule has 2 heterocycles. The Hall–Kier alpha value is -3.36. The predicted molar refractivity (Wildman–Crippen MR) is 101 cm³/mol. The molecule has 1 atom stereocenters. The number of nitrogens with one attached hydrogen (secondary N) is 2. The summed E-state index contributed by atoms with van der Waals surface area (Å²) >= 11 is 0. The molecule has 1 aliphatic heterocycles. The lowest BCUT2D eigenvalue weighted by atomic mass is 10.2. The fraction of sp³-hybridized carbons (Fsp3) is 0.350. The number of hydrogen-bond acceptors (Lipinski definition) is 5. The van der Waals surface area contributed by atoms with Crippen molar-refractivity contribution in [2.45, 2.75) is 25.5 Å². The number of halogens is 1. The number of benzene rings is 1. The minimum Gasteiger partial charge on any atom is -0.486 e. The molecule has 9 heteroatoms. The number of hydrogen-bond donors (Lipinski definition) is 2. The fourth-order valence-corrected chi connectivity index (χ4v) is 3.11. The van der Waals surface area contributed by atoms with Gasteiger partial charge in [-0.15, -0.1) is 0 Å². The van der Waals surface area contributed by atoms with Gasteiger partial charge >= 0.3 is 0 Å². The monoisotopic (exact) mass is 403 g/mol. The number of rotatable bonds is 7. The number of nitrogens with zero attached hydrogens (tertiary/aromatic N) is 1. The molecule has 0 aliphatic carbocycles. The van der Waals surface area contributed by atoms with Gasteiger partial charge in [-0.3, -0.25) is 14.4 Å². The van der Waals surface area contributed by atoms with Crippen LogP contribution in [0.25, 0.3) is 0 Å². The van der Waals surface area contributed by atoms with Crippen LogP contribution in [0.4, 0.5) is 4.39 Å². The quantitative estimate of drug-likeness (QED) is 0.729. The first-order valence-corrected chi connectivity index (χ1v) is 9.24. The number of furan rings is 1. The van der Waals surface area contributed by atoms with Crippen molar-refractivity contribution in [2.75, 3.05) is 20.1 Å². The smallest absolute Gasteiger partial charge is 0.287 e. The molecule has 0 spiro atoms. The molecule has 3 rings (SSSR count). The van der Waals surface area contributed by atoms with Crippen LogP contribution in [0.1, 0.15) is 29.2 Å². The zero-order valence-corrected chi connectivity index (χ0v) is 15.9. The molecule has 1 saturated heterocycles. The summed E-state index contributed by atoms with van der Waals surface area (Å²) in [5.74, 6) is -0.517. The van der Waals surface area contributed by atoms with Crippen molar-refractivity contribution in [1.82, 2.24) is 15.5 Å². The second-order valence-corrected chi connectivity index (χ2v) is 6.55. The molecule has 2 aromatic rings. The lowest BCUT2D eigenvalue weighted by Gasteiger charge is -2.23. The van der Waals surface area contributed by atoms with E-state index in [4.69, 9.17) is 9.15 Å². The highest BCUT2D eigenvalue weighted by atomic mass is 19.1. The van der Waals surface area contributed by atoms with E-state index in [1.165, 1.54) is 42.3 Å². The van der Waals surface area contributed by atoms with Gasteiger partial charge in [0.1, 0.15) is 30.0 Å². The zero-order chi connectivity index (χ0) is 20.8. The molecule has 2 N–H and O–H groups in total. The third-order valence-corrected chi connectivity index (χ3v) is 4.60. The van der Waals surface area contributed by atoms with E-state index in [1.54, 1.807) is 6.07 Å². The normalized spacial score (nSPS) is 15.8. The summed E-state index contributed by atoms with van der Waals surface area (Å²) in [7, 11) is 1.53. The molecule has 29 heavy (non-hydrogen) atoms. The maximum atomic E-state index is 12.9. The number of likely N-dealkylation sites (tertiary alicyclic amines) is 1.